The summed E-state index contributed by atoms with van der Waals surface area (Å²) < 4.78 is 1.30. The third kappa shape index (κ3) is 4.00. The van der Waals surface area contributed by atoms with Gasteiger partial charge in [-0.3, -0.25) is 0 Å². The van der Waals surface area contributed by atoms with Gasteiger partial charge in [-0.05, 0) is 24.8 Å². The van der Waals surface area contributed by atoms with Crippen LogP contribution in [-0.2, 0) is 0 Å². The molecule has 0 saturated carbocycles. The van der Waals surface area contributed by atoms with Gasteiger partial charge in [0.05, 0.1) is 9.81 Å². The predicted octanol–water partition coefficient (Wildman–Crippen LogP) is 2.33. The topological polar surface area (TPSA) is 46.2 Å². The molecule has 0 spiro atoms. The highest BCUT2D eigenvalue weighted by atomic mass is 32.2. The summed E-state index contributed by atoms with van der Waals surface area (Å²) in [5.41, 5.74) is 4.74. The molecule has 0 bridgehead atoms. The Labute approximate surface area is 93.5 Å². The van der Waals surface area contributed by atoms with Crippen LogP contribution in [0.2, 0.25) is 0 Å². The largest absolute Gasteiger partial charge is 0.389 e. The minimum Gasteiger partial charge on any atom is -0.389 e. The number of aliphatic hydroxyl groups is 1. The molecule has 1 aromatic rings. The van der Waals surface area contributed by atoms with Crippen LogP contribution in [0.5, 0.6) is 0 Å². The second-order valence-electron chi connectivity index (χ2n) is 3.77. The highest BCUT2D eigenvalue weighted by Gasteiger charge is 2.22. The first-order valence-electron chi connectivity index (χ1n) is 4.66. The first-order valence-corrected chi connectivity index (χ1v) is 6.42. The van der Waals surface area contributed by atoms with Gasteiger partial charge in [0, 0.05) is 11.8 Å². The monoisotopic (exact) mass is 231 g/mol. The van der Waals surface area contributed by atoms with Crippen LogP contribution < -0.4 is 5.73 Å². The summed E-state index contributed by atoms with van der Waals surface area (Å²) in [5.74, 6) is 0. The quantitative estimate of drug-likeness (QED) is 0.765. The Balaban J connectivity index is 2.40. The molecule has 2 unspecified atom stereocenters. The molecule has 0 saturated heterocycles. The van der Waals surface area contributed by atoms with Gasteiger partial charge in [-0.2, -0.15) is 0 Å². The standard InChI is InChI=1S/C10H17NOS2/c1-8(6-10(2,12)7-11)14-9-4-3-5-13-9/h3-5,8,12H,6-7,11H2,1-2H3. The van der Waals surface area contributed by atoms with Crippen molar-refractivity contribution in [1.29, 1.82) is 0 Å². The van der Waals surface area contributed by atoms with E-state index in [0.717, 1.165) is 6.42 Å². The van der Waals surface area contributed by atoms with E-state index in [1.165, 1.54) is 4.21 Å². The van der Waals surface area contributed by atoms with Crippen LogP contribution in [0.1, 0.15) is 20.3 Å². The molecular formula is C10H17NOS2. The van der Waals surface area contributed by atoms with Crippen molar-refractivity contribution < 1.29 is 5.11 Å². The van der Waals surface area contributed by atoms with E-state index >= 15 is 0 Å². The predicted molar refractivity (Wildman–Crippen MR) is 63.9 cm³/mol. The molecule has 1 heterocycles. The third-order valence-electron chi connectivity index (χ3n) is 1.98. The summed E-state index contributed by atoms with van der Waals surface area (Å²) in [5, 5.41) is 12.2. The average Bonchev–Trinajstić information content (AvgIpc) is 2.55. The number of thiophene rings is 1. The molecule has 0 aromatic carbocycles. The van der Waals surface area contributed by atoms with E-state index < -0.39 is 5.60 Å². The van der Waals surface area contributed by atoms with E-state index in [1.807, 2.05) is 6.07 Å². The second-order valence-corrected chi connectivity index (χ2v) is 6.45. The van der Waals surface area contributed by atoms with Gasteiger partial charge in [0.15, 0.2) is 0 Å². The minimum atomic E-state index is -0.732. The van der Waals surface area contributed by atoms with Crippen LogP contribution in [0.15, 0.2) is 21.7 Å². The van der Waals surface area contributed by atoms with Gasteiger partial charge >= 0.3 is 0 Å². The Hall–Kier alpha value is -0.0300. The van der Waals surface area contributed by atoms with Crippen LogP contribution in [0.25, 0.3) is 0 Å². The van der Waals surface area contributed by atoms with Crippen molar-refractivity contribution in [3.8, 4) is 0 Å². The molecule has 14 heavy (non-hydrogen) atoms. The van der Waals surface area contributed by atoms with E-state index in [9.17, 15) is 5.11 Å². The number of hydrogen-bond acceptors (Lipinski definition) is 4. The van der Waals surface area contributed by atoms with Crippen LogP contribution in [0.3, 0.4) is 0 Å². The van der Waals surface area contributed by atoms with Gasteiger partial charge in [0.2, 0.25) is 0 Å². The van der Waals surface area contributed by atoms with Gasteiger partial charge in [0.25, 0.3) is 0 Å². The molecule has 0 aliphatic heterocycles. The molecule has 4 heteroatoms. The van der Waals surface area contributed by atoms with Crippen molar-refractivity contribution in [1.82, 2.24) is 0 Å². The zero-order chi connectivity index (χ0) is 10.6. The summed E-state index contributed by atoms with van der Waals surface area (Å²) in [6.07, 6.45) is 0.728. The Bertz CT molecular complexity index is 259. The Morgan fingerprint density at radius 2 is 2.43 bits per heavy atom. The van der Waals surface area contributed by atoms with Crippen LogP contribution >= 0.6 is 23.1 Å². The van der Waals surface area contributed by atoms with E-state index in [2.05, 4.69) is 18.4 Å². The SMILES string of the molecule is CC(CC(C)(O)CN)Sc1cccs1. The average molecular weight is 231 g/mol. The molecule has 0 aliphatic carbocycles. The fourth-order valence-electron chi connectivity index (χ4n) is 1.27. The first-order chi connectivity index (χ1) is 6.53. The van der Waals surface area contributed by atoms with Crippen molar-refractivity contribution in [2.75, 3.05) is 6.54 Å². The number of hydrogen-bond donors (Lipinski definition) is 2. The molecule has 0 amide bonds. The second kappa shape index (κ2) is 5.16. The van der Waals surface area contributed by atoms with Gasteiger partial charge < -0.3 is 10.8 Å². The normalized spacial score (nSPS) is 17.7. The van der Waals surface area contributed by atoms with Gasteiger partial charge in [0.1, 0.15) is 0 Å². The van der Waals surface area contributed by atoms with E-state index in [4.69, 9.17) is 5.73 Å². The van der Waals surface area contributed by atoms with Crippen molar-refractivity contribution in [2.45, 2.75) is 35.3 Å². The van der Waals surface area contributed by atoms with E-state index in [-0.39, 0.29) is 0 Å². The van der Waals surface area contributed by atoms with Crippen LogP contribution in [-0.4, -0.2) is 22.5 Å². The summed E-state index contributed by atoms with van der Waals surface area (Å²) in [6, 6.07) is 4.14. The molecule has 0 fully saturated rings. The smallest absolute Gasteiger partial charge is 0.0752 e. The molecular weight excluding hydrogens is 214 g/mol. The molecule has 0 aliphatic rings. The summed E-state index contributed by atoms with van der Waals surface area (Å²) in [6.45, 7) is 4.23. The molecule has 1 rings (SSSR count). The summed E-state index contributed by atoms with van der Waals surface area (Å²) in [4.78, 5) is 0. The molecule has 80 valence electrons. The van der Waals surface area contributed by atoms with Crippen molar-refractivity contribution >= 4 is 23.1 Å². The van der Waals surface area contributed by atoms with Gasteiger partial charge in [-0.25, -0.2) is 0 Å². The van der Waals surface area contributed by atoms with Crippen molar-refractivity contribution in [3.05, 3.63) is 17.5 Å². The zero-order valence-electron chi connectivity index (χ0n) is 8.56. The fraction of sp³-hybridized carbons (Fsp3) is 0.600. The van der Waals surface area contributed by atoms with Crippen LogP contribution in [0.4, 0.5) is 0 Å². The van der Waals surface area contributed by atoms with Crippen molar-refractivity contribution in [3.63, 3.8) is 0 Å². The highest BCUT2D eigenvalue weighted by Crippen LogP contribution is 2.31. The number of nitrogens with two attached hydrogens (primary N) is 1. The van der Waals surface area contributed by atoms with Gasteiger partial charge in [-0.15, -0.1) is 23.1 Å². The summed E-state index contributed by atoms with van der Waals surface area (Å²) >= 11 is 3.53. The van der Waals surface area contributed by atoms with Crippen LogP contribution in [0, 0.1) is 0 Å². The molecule has 2 nitrogen and oxygen atoms in total. The summed E-state index contributed by atoms with van der Waals surface area (Å²) in [7, 11) is 0. The van der Waals surface area contributed by atoms with E-state index in [0.29, 0.717) is 11.8 Å². The maximum Gasteiger partial charge on any atom is 0.0752 e. The lowest BCUT2D eigenvalue weighted by molar-refractivity contribution is 0.0608. The molecule has 3 N–H and O–H groups in total. The Morgan fingerprint density at radius 3 is 2.93 bits per heavy atom. The molecule has 2 atom stereocenters. The lowest BCUT2D eigenvalue weighted by Gasteiger charge is -2.24. The number of rotatable bonds is 5. The van der Waals surface area contributed by atoms with Crippen molar-refractivity contribution in [2.24, 2.45) is 5.73 Å². The zero-order valence-corrected chi connectivity index (χ0v) is 10.2. The maximum atomic E-state index is 9.79. The number of thioether (sulfide) groups is 1. The fourth-order valence-corrected chi connectivity index (χ4v) is 3.60. The molecule has 1 aromatic heterocycles. The highest BCUT2D eigenvalue weighted by molar-refractivity contribution is 8.01. The third-order valence-corrected chi connectivity index (χ3v) is 4.16. The lowest BCUT2D eigenvalue weighted by atomic mass is 10.0. The Kier molecular flexibility index (Phi) is 4.44. The minimum absolute atomic E-state index is 0.322. The van der Waals surface area contributed by atoms with Gasteiger partial charge in [-0.1, -0.05) is 13.0 Å². The molecule has 0 radical (unpaired) electrons. The first kappa shape index (κ1) is 12.0. The van der Waals surface area contributed by atoms with E-state index in [1.54, 1.807) is 30.0 Å². The Morgan fingerprint density at radius 1 is 1.71 bits per heavy atom. The maximum absolute atomic E-state index is 9.79. The lowest BCUT2D eigenvalue weighted by Crippen LogP contribution is -2.36.